The van der Waals surface area contributed by atoms with Gasteiger partial charge in [0.2, 0.25) is 0 Å². The van der Waals surface area contributed by atoms with E-state index in [-0.39, 0.29) is 11.9 Å². The van der Waals surface area contributed by atoms with Crippen LogP contribution in [0.4, 0.5) is 0 Å². The third kappa shape index (κ3) is 2.18. The number of carbonyl (C=O) groups excluding carboxylic acids is 1. The summed E-state index contributed by atoms with van der Waals surface area (Å²) >= 11 is 0. The van der Waals surface area contributed by atoms with Crippen LogP contribution in [-0.4, -0.2) is 27.2 Å². The molecule has 0 bridgehead atoms. The van der Waals surface area contributed by atoms with Gasteiger partial charge in [-0.05, 0) is 23.8 Å². The first-order valence-electron chi connectivity index (χ1n) is 6.87. The summed E-state index contributed by atoms with van der Waals surface area (Å²) in [5, 5.41) is 5.73. The molecule has 1 fully saturated rings. The maximum Gasteiger partial charge on any atom is 0.252 e. The SMILES string of the molecule is CC(C)(C)C(=O)N1OCC[C@H]1c1ccn2nccc2c1. The molecule has 0 aromatic carbocycles. The number of hydroxylamine groups is 2. The van der Waals surface area contributed by atoms with E-state index in [9.17, 15) is 4.79 Å². The highest BCUT2D eigenvalue weighted by Gasteiger charge is 2.37. The van der Waals surface area contributed by atoms with Gasteiger partial charge in [-0.25, -0.2) is 9.58 Å². The molecule has 1 aliphatic rings. The molecule has 1 amide bonds. The molecule has 0 radical (unpaired) electrons. The fraction of sp³-hybridized carbons (Fsp3) is 0.467. The van der Waals surface area contributed by atoms with Crippen molar-refractivity contribution in [2.24, 2.45) is 5.41 Å². The monoisotopic (exact) mass is 273 g/mol. The van der Waals surface area contributed by atoms with Crippen LogP contribution in [0.1, 0.15) is 38.8 Å². The standard InChI is InChI=1S/C15H19N3O2/c1-15(2,3)14(19)18-13(6-9-20-18)11-5-8-17-12(10-11)4-7-16-17/h4-5,7-8,10,13H,6,9H2,1-3H3/t13-/m0/s1. The molecule has 1 saturated heterocycles. The van der Waals surface area contributed by atoms with E-state index in [1.165, 1.54) is 0 Å². The van der Waals surface area contributed by atoms with Crippen LogP contribution < -0.4 is 0 Å². The summed E-state index contributed by atoms with van der Waals surface area (Å²) in [5.74, 6) is 0.0216. The third-order valence-corrected chi connectivity index (χ3v) is 3.55. The van der Waals surface area contributed by atoms with Gasteiger partial charge in [-0.15, -0.1) is 0 Å². The van der Waals surface area contributed by atoms with Gasteiger partial charge in [0.1, 0.15) is 0 Å². The smallest absolute Gasteiger partial charge is 0.252 e. The molecule has 2 aromatic heterocycles. The minimum Gasteiger partial charge on any atom is -0.272 e. The molecule has 3 rings (SSSR count). The molecular weight excluding hydrogens is 254 g/mol. The molecule has 3 heterocycles. The van der Waals surface area contributed by atoms with Crippen LogP contribution in [0.2, 0.25) is 0 Å². The van der Waals surface area contributed by atoms with Gasteiger partial charge < -0.3 is 0 Å². The molecule has 5 nitrogen and oxygen atoms in total. The van der Waals surface area contributed by atoms with E-state index in [1.807, 2.05) is 43.6 Å². The number of rotatable bonds is 1. The Morgan fingerprint density at radius 1 is 1.40 bits per heavy atom. The third-order valence-electron chi connectivity index (χ3n) is 3.55. The van der Waals surface area contributed by atoms with Crippen LogP contribution in [0.3, 0.4) is 0 Å². The van der Waals surface area contributed by atoms with Crippen molar-refractivity contribution in [1.29, 1.82) is 0 Å². The Morgan fingerprint density at radius 3 is 2.95 bits per heavy atom. The van der Waals surface area contributed by atoms with Crippen LogP contribution >= 0.6 is 0 Å². The molecule has 0 N–H and O–H groups in total. The number of hydrogen-bond acceptors (Lipinski definition) is 3. The summed E-state index contributed by atoms with van der Waals surface area (Å²) in [7, 11) is 0. The number of aromatic nitrogens is 2. The second-order valence-corrected chi connectivity index (χ2v) is 6.18. The average Bonchev–Trinajstić information content (AvgIpc) is 3.04. The summed E-state index contributed by atoms with van der Waals surface area (Å²) in [6.45, 7) is 6.31. The first kappa shape index (κ1) is 13.1. The molecule has 106 valence electrons. The molecule has 0 unspecified atom stereocenters. The summed E-state index contributed by atoms with van der Waals surface area (Å²) in [6, 6.07) is 6.01. The summed E-state index contributed by atoms with van der Waals surface area (Å²) in [6.07, 6.45) is 4.51. The summed E-state index contributed by atoms with van der Waals surface area (Å²) in [4.78, 5) is 18.0. The van der Waals surface area contributed by atoms with E-state index in [1.54, 1.807) is 11.3 Å². The quantitative estimate of drug-likeness (QED) is 0.802. The minimum atomic E-state index is -0.441. The molecular formula is C15H19N3O2. The van der Waals surface area contributed by atoms with E-state index in [2.05, 4.69) is 11.2 Å². The molecule has 5 heteroatoms. The number of fused-ring (bicyclic) bond motifs is 1. The van der Waals surface area contributed by atoms with Gasteiger partial charge in [-0.2, -0.15) is 5.10 Å². The van der Waals surface area contributed by atoms with Gasteiger partial charge in [0, 0.05) is 24.2 Å². The zero-order valence-corrected chi connectivity index (χ0v) is 12.0. The predicted molar refractivity (Wildman–Crippen MR) is 74.8 cm³/mol. The van der Waals surface area contributed by atoms with Crippen molar-refractivity contribution in [3.8, 4) is 0 Å². The van der Waals surface area contributed by atoms with Crippen molar-refractivity contribution in [1.82, 2.24) is 14.7 Å². The number of nitrogens with zero attached hydrogens (tertiary/aromatic N) is 3. The van der Waals surface area contributed by atoms with Crippen LogP contribution in [0.5, 0.6) is 0 Å². The van der Waals surface area contributed by atoms with E-state index in [4.69, 9.17) is 4.84 Å². The Hall–Kier alpha value is -1.88. The van der Waals surface area contributed by atoms with Gasteiger partial charge in [-0.1, -0.05) is 20.8 Å². The molecule has 0 aliphatic carbocycles. The number of pyridine rings is 1. The van der Waals surface area contributed by atoms with Crippen LogP contribution in [0.15, 0.2) is 30.6 Å². The maximum atomic E-state index is 12.4. The second-order valence-electron chi connectivity index (χ2n) is 6.18. The largest absolute Gasteiger partial charge is 0.272 e. The second kappa shape index (κ2) is 4.59. The Kier molecular flexibility index (Phi) is 3.01. The normalized spacial score (nSPS) is 19.8. The predicted octanol–water partition coefficient (Wildman–Crippen LogP) is 2.59. The number of hydrogen-bond donors (Lipinski definition) is 0. The minimum absolute atomic E-state index is 0.0124. The Morgan fingerprint density at radius 2 is 2.20 bits per heavy atom. The van der Waals surface area contributed by atoms with E-state index >= 15 is 0 Å². The fourth-order valence-corrected chi connectivity index (χ4v) is 2.45. The first-order valence-corrected chi connectivity index (χ1v) is 6.87. The van der Waals surface area contributed by atoms with Crippen molar-refractivity contribution in [2.75, 3.05) is 6.61 Å². The highest BCUT2D eigenvalue weighted by molar-refractivity contribution is 5.81. The zero-order chi connectivity index (χ0) is 14.3. The average molecular weight is 273 g/mol. The lowest BCUT2D eigenvalue weighted by Crippen LogP contribution is -2.38. The molecule has 2 aromatic rings. The lowest BCUT2D eigenvalue weighted by atomic mass is 9.94. The zero-order valence-electron chi connectivity index (χ0n) is 12.0. The van der Waals surface area contributed by atoms with Crippen molar-refractivity contribution >= 4 is 11.4 Å². The van der Waals surface area contributed by atoms with Crippen LogP contribution in [0, 0.1) is 5.41 Å². The number of amides is 1. The van der Waals surface area contributed by atoms with Gasteiger partial charge in [0.25, 0.3) is 5.91 Å². The molecule has 0 saturated carbocycles. The van der Waals surface area contributed by atoms with Crippen molar-refractivity contribution < 1.29 is 9.63 Å². The first-order chi connectivity index (χ1) is 9.47. The lowest BCUT2D eigenvalue weighted by molar-refractivity contribution is -0.186. The highest BCUT2D eigenvalue weighted by atomic mass is 16.7. The van der Waals surface area contributed by atoms with Gasteiger partial charge >= 0.3 is 0 Å². The fourth-order valence-electron chi connectivity index (χ4n) is 2.45. The molecule has 0 spiro atoms. The lowest BCUT2D eigenvalue weighted by Gasteiger charge is -2.29. The Labute approximate surface area is 118 Å². The molecule has 1 aliphatic heterocycles. The van der Waals surface area contributed by atoms with Crippen molar-refractivity contribution in [3.05, 3.63) is 36.2 Å². The maximum absolute atomic E-state index is 12.4. The molecule has 1 atom stereocenters. The summed E-state index contributed by atoms with van der Waals surface area (Å²) < 4.78 is 1.81. The van der Waals surface area contributed by atoms with Gasteiger partial charge in [0.05, 0.1) is 18.2 Å². The van der Waals surface area contributed by atoms with Crippen LogP contribution in [0.25, 0.3) is 5.52 Å². The van der Waals surface area contributed by atoms with Crippen LogP contribution in [-0.2, 0) is 9.63 Å². The van der Waals surface area contributed by atoms with E-state index in [0.717, 1.165) is 17.5 Å². The van der Waals surface area contributed by atoms with Gasteiger partial charge in [0.15, 0.2) is 0 Å². The highest BCUT2D eigenvalue weighted by Crippen LogP contribution is 2.34. The number of carbonyl (C=O) groups is 1. The van der Waals surface area contributed by atoms with Crippen molar-refractivity contribution in [2.45, 2.75) is 33.2 Å². The topological polar surface area (TPSA) is 46.8 Å². The summed E-state index contributed by atoms with van der Waals surface area (Å²) in [5.41, 5.74) is 1.68. The van der Waals surface area contributed by atoms with E-state index in [0.29, 0.717) is 6.61 Å². The Bertz CT molecular complexity index is 642. The van der Waals surface area contributed by atoms with Gasteiger partial charge in [-0.3, -0.25) is 9.63 Å². The van der Waals surface area contributed by atoms with Crippen molar-refractivity contribution in [3.63, 3.8) is 0 Å². The van der Waals surface area contributed by atoms with E-state index < -0.39 is 5.41 Å². The Balaban J connectivity index is 1.93. The molecule has 20 heavy (non-hydrogen) atoms.